The van der Waals surface area contributed by atoms with Crippen LogP contribution in [0.25, 0.3) is 42.3 Å². The number of benzene rings is 3. The molecule has 2 heterocycles. The Hall–Kier alpha value is -2.70. The fourth-order valence-electron chi connectivity index (χ4n) is 6.04. The third kappa shape index (κ3) is 9.50. The minimum Gasteiger partial charge on any atom is -0.512 e. The number of aliphatic hydroxyl groups is 1. The minimum absolute atomic E-state index is 0. The molecular formula is C41H53IrN2O2SSi-. The van der Waals surface area contributed by atoms with E-state index in [-0.39, 0.29) is 43.5 Å². The monoisotopic (exact) mass is 860 g/mol. The number of rotatable bonds is 10. The zero-order valence-electron chi connectivity index (χ0n) is 32.2. The molecule has 259 valence electrons. The van der Waals surface area contributed by atoms with Crippen molar-refractivity contribution in [2.45, 2.75) is 100 Å². The Labute approximate surface area is 309 Å². The van der Waals surface area contributed by atoms with Crippen LogP contribution in [0.4, 0.5) is 0 Å². The number of fused-ring (bicyclic) bond motifs is 4. The zero-order chi connectivity index (χ0) is 36.3. The first-order chi connectivity index (χ1) is 23.0. The van der Waals surface area contributed by atoms with E-state index >= 15 is 0 Å². The van der Waals surface area contributed by atoms with Gasteiger partial charge in [-0.2, -0.15) is 0 Å². The molecule has 3 aromatic carbocycles. The first-order valence-corrected chi connectivity index (χ1v) is 21.4. The van der Waals surface area contributed by atoms with E-state index in [0.29, 0.717) is 5.56 Å². The van der Waals surface area contributed by atoms with Crippen LogP contribution in [0.1, 0.15) is 82.5 Å². The smallest absolute Gasteiger partial charge is 0.162 e. The van der Waals surface area contributed by atoms with Crippen LogP contribution in [-0.4, -0.2) is 28.9 Å². The van der Waals surface area contributed by atoms with Crippen molar-refractivity contribution >= 4 is 61.5 Å². The third-order valence-electron chi connectivity index (χ3n) is 8.69. The molecule has 0 saturated carbocycles. The molecule has 48 heavy (non-hydrogen) atoms. The van der Waals surface area contributed by atoms with Crippen molar-refractivity contribution in [3.8, 4) is 11.3 Å². The number of thiophene rings is 1. The maximum Gasteiger partial charge on any atom is 0.162 e. The van der Waals surface area contributed by atoms with Gasteiger partial charge in [0.15, 0.2) is 5.78 Å². The van der Waals surface area contributed by atoms with Crippen LogP contribution >= 0.6 is 11.3 Å². The molecule has 1 radical (unpaired) electrons. The van der Waals surface area contributed by atoms with Crippen LogP contribution in [0.5, 0.6) is 0 Å². The molecule has 0 fully saturated rings. The summed E-state index contributed by atoms with van der Waals surface area (Å²) in [5.74, 6) is 0.547. The van der Waals surface area contributed by atoms with Gasteiger partial charge in [0.05, 0.1) is 19.3 Å². The predicted octanol–water partition coefficient (Wildman–Crippen LogP) is 11.5. The van der Waals surface area contributed by atoms with Gasteiger partial charge in [0.1, 0.15) is 6.33 Å². The van der Waals surface area contributed by atoms with E-state index in [9.17, 15) is 9.90 Å². The second-order valence-corrected chi connectivity index (χ2v) is 20.6. The number of ketones is 1. The zero-order valence-corrected chi connectivity index (χ0v) is 34.5. The van der Waals surface area contributed by atoms with E-state index in [0.717, 1.165) is 62.6 Å². The summed E-state index contributed by atoms with van der Waals surface area (Å²) in [6.07, 6.45) is 5.11. The van der Waals surface area contributed by atoms with E-state index in [1.165, 1.54) is 16.6 Å². The molecule has 0 unspecified atom stereocenters. The van der Waals surface area contributed by atoms with Gasteiger partial charge < -0.3 is 5.11 Å². The van der Waals surface area contributed by atoms with Gasteiger partial charge in [-0.05, 0) is 49.1 Å². The number of allylic oxidation sites excluding steroid dienone is 2. The summed E-state index contributed by atoms with van der Waals surface area (Å²) in [6, 6.07) is 20.3. The van der Waals surface area contributed by atoms with Crippen molar-refractivity contribution in [3.63, 3.8) is 0 Å². The second-order valence-electron chi connectivity index (χ2n) is 14.5. The van der Waals surface area contributed by atoms with Crippen molar-refractivity contribution in [3.05, 3.63) is 78.3 Å². The second kappa shape index (κ2) is 16.8. The molecular weight excluding hydrogens is 805 g/mol. The minimum atomic E-state index is -1.61. The van der Waals surface area contributed by atoms with Crippen molar-refractivity contribution in [1.82, 2.24) is 9.97 Å². The number of carbonyl (C=O) groups is 1. The van der Waals surface area contributed by atoms with Gasteiger partial charge in [-0.3, -0.25) is 9.78 Å². The Morgan fingerprint density at radius 3 is 2.21 bits per heavy atom. The van der Waals surface area contributed by atoms with Gasteiger partial charge in [0.25, 0.3) is 0 Å². The first-order valence-electron chi connectivity index (χ1n) is 18.1. The molecule has 0 amide bonds. The van der Waals surface area contributed by atoms with E-state index in [1.807, 2.05) is 66.7 Å². The molecule has 0 aliphatic carbocycles. The van der Waals surface area contributed by atoms with E-state index < -0.39 is 19.9 Å². The number of hydrogen-bond acceptors (Lipinski definition) is 5. The third-order valence-corrected chi connectivity index (χ3v) is 11.9. The Balaban J connectivity index is 0.000000361. The molecule has 7 heteroatoms. The molecule has 0 aliphatic heterocycles. The standard InChI is InChI=1S/C28H29N2SSi.C13H24O2.Ir/c1-28(2,3)16-18-11-12-22-23(13-18)31-27-25(29-17-30-26(22)27)20-14-19-9-7-8-10-21(19)24(15-20)32(4,5)6;1-5-10(6-2)12(14)9-13(15)11(7-3)8-4;/h7-13,15,17H,16H2,1-6H3;9-11,14H,5-8H2,1-4H3;/q-1;;/b;12-9-;/i16D2;;. The van der Waals surface area contributed by atoms with E-state index in [1.54, 1.807) is 17.7 Å². The van der Waals surface area contributed by atoms with Crippen molar-refractivity contribution in [2.75, 3.05) is 0 Å². The van der Waals surface area contributed by atoms with Crippen molar-refractivity contribution < 1.29 is 32.7 Å². The van der Waals surface area contributed by atoms with Gasteiger partial charge in [0.2, 0.25) is 0 Å². The molecule has 0 bridgehead atoms. The quantitative estimate of drug-likeness (QED) is 0.0658. The molecule has 0 atom stereocenters. The van der Waals surface area contributed by atoms with Gasteiger partial charge in [-0.1, -0.05) is 109 Å². The maximum absolute atomic E-state index is 11.7. The summed E-state index contributed by atoms with van der Waals surface area (Å²) in [7, 11) is -1.61. The van der Waals surface area contributed by atoms with Gasteiger partial charge in [0, 0.05) is 61.2 Å². The Morgan fingerprint density at radius 1 is 0.958 bits per heavy atom. The maximum atomic E-state index is 11.7. The van der Waals surface area contributed by atoms with Crippen LogP contribution in [-0.2, 0) is 31.3 Å². The van der Waals surface area contributed by atoms with Gasteiger partial charge >= 0.3 is 0 Å². The molecule has 1 N–H and O–H groups in total. The number of aromatic nitrogens is 2. The van der Waals surface area contributed by atoms with Crippen LogP contribution in [0.15, 0.2) is 66.7 Å². The summed E-state index contributed by atoms with van der Waals surface area (Å²) in [6.45, 7) is 21.0. The predicted molar refractivity (Wildman–Crippen MR) is 207 cm³/mol. The van der Waals surface area contributed by atoms with Crippen LogP contribution in [0.3, 0.4) is 0 Å². The van der Waals surface area contributed by atoms with Crippen LogP contribution in [0.2, 0.25) is 19.6 Å². The molecule has 5 aromatic rings. The summed E-state index contributed by atoms with van der Waals surface area (Å²) >= 11 is 1.64. The topological polar surface area (TPSA) is 63.1 Å². The molecule has 0 saturated heterocycles. The average Bonchev–Trinajstić information content (AvgIpc) is 3.43. The fourth-order valence-corrected chi connectivity index (χ4v) is 8.84. The molecule has 0 aliphatic rings. The van der Waals surface area contributed by atoms with Gasteiger partial charge in [-0.15, -0.1) is 40.1 Å². The number of nitrogens with zero attached hydrogens (tertiary/aromatic N) is 2. The van der Waals surface area contributed by atoms with Crippen molar-refractivity contribution in [1.29, 1.82) is 0 Å². The SMILES string of the molecule is CCC(CC)C(=O)/C=C(\O)C(CC)CC.[2H]C([2H])(c1ccc2c(c1)sc1c(-c3[c-]c4ccccc4c([Si](C)(C)C)c3)ncnc12)C(C)(C)C.[Ir]. The number of aliphatic hydroxyl groups excluding tert-OH is 1. The van der Waals surface area contributed by atoms with Crippen LogP contribution < -0.4 is 5.19 Å². The summed E-state index contributed by atoms with van der Waals surface area (Å²) < 4.78 is 19.5. The van der Waals surface area contributed by atoms with E-state index in [4.69, 9.17) is 7.73 Å². The summed E-state index contributed by atoms with van der Waals surface area (Å²) in [4.78, 5) is 21.1. The molecule has 4 nitrogen and oxygen atoms in total. The number of hydrogen-bond donors (Lipinski definition) is 1. The Kier molecular flexibility index (Phi) is 12.8. The average molecular weight is 860 g/mol. The molecule has 2 aromatic heterocycles. The Morgan fingerprint density at radius 2 is 1.60 bits per heavy atom. The van der Waals surface area contributed by atoms with Gasteiger partial charge in [-0.25, -0.2) is 4.98 Å². The molecule has 0 spiro atoms. The fraction of sp³-hybridized carbons (Fsp3) is 0.439. The largest absolute Gasteiger partial charge is 0.512 e. The summed E-state index contributed by atoms with van der Waals surface area (Å²) in [5.41, 5.74) is 3.02. The van der Waals surface area contributed by atoms with Crippen molar-refractivity contribution in [2.24, 2.45) is 17.3 Å². The Bertz CT molecular complexity index is 1970. The molecule has 5 rings (SSSR count). The van der Waals surface area contributed by atoms with E-state index in [2.05, 4.69) is 61.0 Å². The number of carbonyl (C=O) groups excluding carboxylic acids is 1. The van der Waals surface area contributed by atoms with Crippen LogP contribution in [0, 0.1) is 23.3 Å². The summed E-state index contributed by atoms with van der Waals surface area (Å²) in [5, 5.41) is 14.6. The normalized spacial score (nSPS) is 13.4. The first kappa shape index (κ1) is 36.6.